The number of benzene rings is 1. The van der Waals surface area contributed by atoms with Crippen LogP contribution in [0.15, 0.2) is 18.2 Å². The van der Waals surface area contributed by atoms with Gasteiger partial charge >= 0.3 is 6.29 Å². The number of alkyl halides is 5. The largest absolute Gasteiger partial charge is 0.586 e. The molecule has 0 aliphatic carbocycles. The van der Waals surface area contributed by atoms with Crippen molar-refractivity contribution in [3.05, 3.63) is 18.2 Å². The van der Waals surface area contributed by atoms with E-state index in [1.54, 1.807) is 0 Å². The van der Waals surface area contributed by atoms with E-state index in [0.29, 0.717) is 0 Å². The van der Waals surface area contributed by atoms with Crippen molar-refractivity contribution in [1.82, 2.24) is 0 Å². The topological polar surface area (TPSA) is 38.8 Å². The smallest absolute Gasteiger partial charge is 0.395 e. The standard InChI is InChI=1S/C12H8Cl3F2NO3/c13-4-6-5-18(10(19)11(6,14)15)7-2-1-3-8-9(7)21-12(16,17)20-8/h1-3,6H,4-5H2. The van der Waals surface area contributed by atoms with E-state index in [2.05, 4.69) is 9.47 Å². The van der Waals surface area contributed by atoms with Gasteiger partial charge in [-0.1, -0.05) is 29.3 Å². The highest BCUT2D eigenvalue weighted by atomic mass is 35.5. The Morgan fingerprint density at radius 2 is 2.05 bits per heavy atom. The summed E-state index contributed by atoms with van der Waals surface area (Å²) in [7, 11) is 0. The van der Waals surface area contributed by atoms with Gasteiger partial charge in [-0.2, -0.15) is 0 Å². The maximum Gasteiger partial charge on any atom is 0.586 e. The summed E-state index contributed by atoms with van der Waals surface area (Å²) in [4.78, 5) is 13.5. The summed E-state index contributed by atoms with van der Waals surface area (Å²) in [6.07, 6.45) is -3.77. The van der Waals surface area contributed by atoms with Crippen LogP contribution >= 0.6 is 34.8 Å². The van der Waals surface area contributed by atoms with Gasteiger partial charge < -0.3 is 14.4 Å². The number of halogens is 5. The number of para-hydroxylation sites is 1. The van der Waals surface area contributed by atoms with E-state index in [9.17, 15) is 13.6 Å². The number of amides is 1. The molecule has 0 radical (unpaired) electrons. The van der Waals surface area contributed by atoms with Crippen LogP contribution < -0.4 is 14.4 Å². The van der Waals surface area contributed by atoms with E-state index in [1.165, 1.54) is 23.1 Å². The molecule has 9 heteroatoms. The lowest BCUT2D eigenvalue weighted by Crippen LogP contribution is -2.33. The first-order chi connectivity index (χ1) is 9.76. The number of carbonyl (C=O) groups excluding carboxylic acids is 1. The first kappa shape index (κ1) is 14.9. The fraction of sp³-hybridized carbons (Fsp3) is 0.417. The van der Waals surface area contributed by atoms with Crippen LogP contribution in [0.5, 0.6) is 11.5 Å². The van der Waals surface area contributed by atoms with E-state index in [1.807, 2.05) is 0 Å². The van der Waals surface area contributed by atoms with E-state index < -0.39 is 22.5 Å². The number of hydrogen-bond acceptors (Lipinski definition) is 3. The molecule has 1 fully saturated rings. The summed E-state index contributed by atoms with van der Waals surface area (Å²) in [6, 6.07) is 4.22. The summed E-state index contributed by atoms with van der Waals surface area (Å²) >= 11 is 17.8. The fourth-order valence-corrected chi connectivity index (χ4v) is 3.28. The monoisotopic (exact) mass is 357 g/mol. The Kier molecular flexibility index (Phi) is 3.39. The highest BCUT2D eigenvalue weighted by molar-refractivity contribution is 6.60. The highest BCUT2D eigenvalue weighted by Crippen LogP contribution is 2.50. The molecule has 2 aliphatic heterocycles. The zero-order valence-electron chi connectivity index (χ0n) is 10.3. The minimum absolute atomic E-state index is 0.0534. The Labute approximate surface area is 133 Å². The van der Waals surface area contributed by atoms with Gasteiger partial charge in [0.15, 0.2) is 11.5 Å². The average molecular weight is 359 g/mol. The van der Waals surface area contributed by atoms with Gasteiger partial charge in [0.05, 0.1) is 5.69 Å². The third-order valence-electron chi connectivity index (χ3n) is 3.33. The number of fused-ring (bicyclic) bond motifs is 1. The first-order valence-corrected chi connectivity index (χ1v) is 7.20. The Hall–Kier alpha value is -0.980. The number of ether oxygens (including phenoxy) is 2. The van der Waals surface area contributed by atoms with E-state index in [0.717, 1.165) is 0 Å². The van der Waals surface area contributed by atoms with Gasteiger partial charge in [0.1, 0.15) is 0 Å². The molecule has 4 nitrogen and oxygen atoms in total. The minimum atomic E-state index is -3.77. The molecule has 21 heavy (non-hydrogen) atoms. The van der Waals surface area contributed by atoms with E-state index >= 15 is 0 Å². The molecular weight excluding hydrogens is 350 g/mol. The number of rotatable bonds is 2. The summed E-state index contributed by atoms with van der Waals surface area (Å²) in [5.74, 6) is -1.50. The lowest BCUT2D eigenvalue weighted by molar-refractivity contribution is -0.286. The van der Waals surface area contributed by atoms with Crippen molar-refractivity contribution in [2.24, 2.45) is 5.92 Å². The Morgan fingerprint density at radius 3 is 2.67 bits per heavy atom. The lowest BCUT2D eigenvalue weighted by atomic mass is 10.1. The highest BCUT2D eigenvalue weighted by Gasteiger charge is 2.54. The first-order valence-electron chi connectivity index (χ1n) is 5.91. The quantitative estimate of drug-likeness (QED) is 0.761. The molecular formula is C12H8Cl3F2NO3. The van der Waals surface area contributed by atoms with Crippen LogP contribution in [0.2, 0.25) is 0 Å². The lowest BCUT2D eigenvalue weighted by Gasteiger charge is -2.18. The van der Waals surface area contributed by atoms with Gasteiger partial charge in [0.25, 0.3) is 5.91 Å². The molecule has 2 aliphatic rings. The fourth-order valence-electron chi connectivity index (χ4n) is 2.29. The second-order valence-electron chi connectivity index (χ2n) is 4.66. The molecule has 0 aromatic heterocycles. The van der Waals surface area contributed by atoms with Crippen molar-refractivity contribution in [3.8, 4) is 11.5 Å². The van der Waals surface area contributed by atoms with Crippen LogP contribution in [-0.4, -0.2) is 29.0 Å². The number of carbonyl (C=O) groups is 1. The van der Waals surface area contributed by atoms with Crippen molar-refractivity contribution < 1.29 is 23.0 Å². The van der Waals surface area contributed by atoms with Crippen molar-refractivity contribution >= 4 is 46.4 Å². The zero-order chi connectivity index (χ0) is 15.4. The summed E-state index contributed by atoms with van der Waals surface area (Å²) in [5.41, 5.74) is 0.118. The van der Waals surface area contributed by atoms with Crippen LogP contribution in [0.1, 0.15) is 0 Å². The molecule has 0 N–H and O–H groups in total. The van der Waals surface area contributed by atoms with Crippen molar-refractivity contribution in [2.75, 3.05) is 17.3 Å². The molecule has 0 spiro atoms. The van der Waals surface area contributed by atoms with Crippen LogP contribution in [0.4, 0.5) is 14.5 Å². The maximum absolute atomic E-state index is 13.2. The second-order valence-corrected chi connectivity index (χ2v) is 6.36. The molecule has 1 saturated heterocycles. The zero-order valence-corrected chi connectivity index (χ0v) is 12.6. The van der Waals surface area contributed by atoms with E-state index in [4.69, 9.17) is 34.8 Å². The third-order valence-corrected chi connectivity index (χ3v) is 4.64. The minimum Gasteiger partial charge on any atom is -0.395 e. The predicted molar refractivity (Wildman–Crippen MR) is 73.6 cm³/mol. The van der Waals surface area contributed by atoms with E-state index in [-0.39, 0.29) is 29.6 Å². The Morgan fingerprint density at radius 1 is 1.33 bits per heavy atom. The SMILES string of the molecule is O=C1N(c2cccc3c2OC(F)(F)O3)CC(CCl)C1(Cl)Cl. The molecule has 3 rings (SSSR count). The van der Waals surface area contributed by atoms with Crippen LogP contribution in [0.25, 0.3) is 0 Å². The molecule has 2 heterocycles. The summed E-state index contributed by atoms with van der Waals surface area (Å²) in [5, 5.41) is 0. The molecule has 1 aromatic rings. The van der Waals surface area contributed by atoms with Gasteiger partial charge in [-0.25, -0.2) is 0 Å². The number of hydrogen-bond donors (Lipinski definition) is 0. The number of nitrogens with zero attached hydrogens (tertiary/aromatic N) is 1. The molecule has 1 unspecified atom stereocenters. The van der Waals surface area contributed by atoms with Crippen LogP contribution in [0.3, 0.4) is 0 Å². The van der Waals surface area contributed by atoms with Crippen LogP contribution in [-0.2, 0) is 4.79 Å². The second kappa shape index (κ2) is 4.76. The molecule has 0 saturated carbocycles. The van der Waals surface area contributed by atoms with Crippen molar-refractivity contribution in [1.29, 1.82) is 0 Å². The van der Waals surface area contributed by atoms with Gasteiger partial charge in [0.2, 0.25) is 4.33 Å². The molecule has 0 bridgehead atoms. The van der Waals surface area contributed by atoms with Crippen molar-refractivity contribution in [2.45, 2.75) is 10.6 Å². The normalized spacial score (nSPS) is 25.5. The summed E-state index contributed by atoms with van der Waals surface area (Å²) in [6.45, 7) is 0.0979. The Bertz CT molecular complexity index is 611. The summed E-state index contributed by atoms with van der Waals surface area (Å²) < 4.78 is 33.5. The molecule has 1 amide bonds. The predicted octanol–water partition coefficient (Wildman–Crippen LogP) is 3.38. The van der Waals surface area contributed by atoms with Gasteiger partial charge in [-0.3, -0.25) is 4.79 Å². The molecule has 1 atom stereocenters. The third kappa shape index (κ3) is 2.29. The number of anilines is 1. The van der Waals surface area contributed by atoms with Gasteiger partial charge in [-0.05, 0) is 12.1 Å². The van der Waals surface area contributed by atoms with Crippen molar-refractivity contribution in [3.63, 3.8) is 0 Å². The molecule has 1 aromatic carbocycles. The molecule has 114 valence electrons. The Balaban J connectivity index is 2.01. The van der Waals surface area contributed by atoms with Gasteiger partial charge in [0, 0.05) is 18.3 Å². The average Bonchev–Trinajstić information content (AvgIpc) is 2.83. The maximum atomic E-state index is 13.2. The van der Waals surface area contributed by atoms with Gasteiger partial charge in [-0.15, -0.1) is 20.4 Å². The van der Waals surface area contributed by atoms with Crippen LogP contribution in [0, 0.1) is 5.92 Å².